The van der Waals surface area contributed by atoms with Crippen LogP contribution in [-0.4, -0.2) is 6.54 Å². The second-order valence-electron chi connectivity index (χ2n) is 3.72. The zero-order chi connectivity index (χ0) is 13.5. The smallest absolute Gasteiger partial charge is 0.166 e. The Morgan fingerprint density at radius 3 is 2.37 bits per heavy atom. The van der Waals surface area contributed by atoms with Crippen molar-refractivity contribution in [3.8, 4) is 11.8 Å². The number of benzene rings is 2. The van der Waals surface area contributed by atoms with Crippen molar-refractivity contribution in [3.05, 3.63) is 66.0 Å². The maximum atomic E-state index is 13.3. The van der Waals surface area contributed by atoms with Crippen LogP contribution < -0.4 is 4.31 Å². The fourth-order valence-corrected chi connectivity index (χ4v) is 1.83. The highest BCUT2D eigenvalue weighted by Gasteiger charge is 2.04. The maximum Gasteiger partial charge on any atom is 0.166 e. The normalized spacial score (nSPS) is 9.58. The summed E-state index contributed by atoms with van der Waals surface area (Å²) in [6, 6.07) is 15.3. The van der Waals surface area contributed by atoms with Crippen molar-refractivity contribution in [2.45, 2.75) is 0 Å². The van der Waals surface area contributed by atoms with Gasteiger partial charge in [0.05, 0.1) is 17.8 Å². The molecule has 2 aromatic rings. The van der Waals surface area contributed by atoms with Crippen LogP contribution in [0.4, 0.5) is 14.0 Å². The van der Waals surface area contributed by atoms with Crippen LogP contribution >= 0.6 is 12.3 Å². The zero-order valence-corrected chi connectivity index (χ0v) is 10.8. The third-order valence-electron chi connectivity index (χ3n) is 2.45. The Labute approximate surface area is 115 Å². The molecule has 0 aliphatic heterocycles. The highest BCUT2D eigenvalue weighted by atomic mass is 32.2. The van der Waals surface area contributed by atoms with Gasteiger partial charge in [-0.1, -0.05) is 42.2 Å². The summed E-state index contributed by atoms with van der Waals surface area (Å²) in [7, 11) is 0. The summed E-state index contributed by atoms with van der Waals surface area (Å²) in [5.74, 6) is 5.10. The number of para-hydroxylation sites is 1. The van der Waals surface area contributed by atoms with Gasteiger partial charge in [-0.3, -0.25) is 4.31 Å². The highest BCUT2D eigenvalue weighted by Crippen LogP contribution is 2.21. The van der Waals surface area contributed by atoms with Gasteiger partial charge < -0.3 is 0 Å². The van der Waals surface area contributed by atoms with Crippen molar-refractivity contribution < 1.29 is 8.28 Å². The summed E-state index contributed by atoms with van der Waals surface area (Å²) in [5.41, 5.74) is 1.04. The van der Waals surface area contributed by atoms with Gasteiger partial charge in [-0.05, 0) is 24.3 Å². The van der Waals surface area contributed by atoms with Gasteiger partial charge in [-0.2, -0.15) is 0 Å². The van der Waals surface area contributed by atoms with Crippen molar-refractivity contribution in [2.24, 2.45) is 0 Å². The number of nitrogens with zero attached hydrogens (tertiary/aromatic N) is 1. The van der Waals surface area contributed by atoms with Crippen LogP contribution in [-0.2, 0) is 0 Å². The predicted octanol–water partition coefficient (Wildman–Crippen LogP) is 4.22. The molecule has 2 aromatic carbocycles. The summed E-state index contributed by atoms with van der Waals surface area (Å²) >= 11 is 0.0994. The molecular weight excluding hydrogens is 264 g/mol. The van der Waals surface area contributed by atoms with Gasteiger partial charge in [-0.25, -0.2) is 4.39 Å². The lowest BCUT2D eigenvalue weighted by Gasteiger charge is -2.14. The molecule has 0 spiro atoms. The number of anilines is 1. The van der Waals surface area contributed by atoms with Gasteiger partial charge in [0.15, 0.2) is 12.3 Å². The number of rotatable bonds is 3. The van der Waals surface area contributed by atoms with E-state index in [1.807, 2.05) is 18.2 Å². The summed E-state index contributed by atoms with van der Waals surface area (Å²) in [4.78, 5) is 0. The minimum Gasteiger partial charge on any atom is -0.277 e. The molecular formula is C15H11F2NS. The van der Waals surface area contributed by atoms with Gasteiger partial charge in [0, 0.05) is 0 Å². The Morgan fingerprint density at radius 1 is 1.00 bits per heavy atom. The Bertz CT molecular complexity index is 590. The molecule has 0 saturated heterocycles. The minimum absolute atomic E-state index is 0.0994. The van der Waals surface area contributed by atoms with E-state index in [-0.39, 0.29) is 24.7 Å². The molecule has 0 unspecified atom stereocenters. The zero-order valence-electron chi connectivity index (χ0n) is 10.0. The Morgan fingerprint density at radius 2 is 1.68 bits per heavy atom. The summed E-state index contributed by atoms with van der Waals surface area (Å²) in [6.45, 7) is 0.180. The fourth-order valence-electron chi connectivity index (χ4n) is 1.52. The first kappa shape index (κ1) is 13.4. The first-order chi connectivity index (χ1) is 9.31. The first-order valence-corrected chi connectivity index (χ1v) is 6.33. The van der Waals surface area contributed by atoms with Crippen molar-refractivity contribution in [1.82, 2.24) is 0 Å². The molecule has 0 aliphatic carbocycles. The minimum atomic E-state index is -0.367. The van der Waals surface area contributed by atoms with E-state index < -0.39 is 0 Å². The third kappa shape index (κ3) is 3.73. The third-order valence-corrected chi connectivity index (χ3v) is 2.95. The van der Waals surface area contributed by atoms with Crippen LogP contribution in [0.25, 0.3) is 0 Å². The van der Waals surface area contributed by atoms with Crippen LogP contribution in [0.3, 0.4) is 0 Å². The molecule has 2 rings (SSSR count). The summed E-state index contributed by atoms with van der Waals surface area (Å²) < 4.78 is 27.6. The summed E-state index contributed by atoms with van der Waals surface area (Å²) in [5, 5.41) is 0. The second kappa shape index (κ2) is 6.81. The number of halogens is 2. The van der Waals surface area contributed by atoms with Gasteiger partial charge >= 0.3 is 0 Å². The van der Waals surface area contributed by atoms with Crippen molar-refractivity contribution in [2.75, 3.05) is 10.8 Å². The Balaban J connectivity index is 2.08. The molecule has 0 bridgehead atoms. The van der Waals surface area contributed by atoms with E-state index in [9.17, 15) is 8.28 Å². The van der Waals surface area contributed by atoms with E-state index in [1.54, 1.807) is 30.3 Å². The predicted molar refractivity (Wildman–Crippen MR) is 75.8 cm³/mol. The summed E-state index contributed by atoms with van der Waals surface area (Å²) in [6.07, 6.45) is 0. The van der Waals surface area contributed by atoms with E-state index in [4.69, 9.17) is 0 Å². The molecule has 0 radical (unpaired) electrons. The topological polar surface area (TPSA) is 3.24 Å². The molecule has 19 heavy (non-hydrogen) atoms. The monoisotopic (exact) mass is 275 g/mol. The molecule has 1 nitrogen and oxygen atoms in total. The van der Waals surface area contributed by atoms with E-state index in [2.05, 4.69) is 11.8 Å². The van der Waals surface area contributed by atoms with Gasteiger partial charge in [0.1, 0.15) is 5.82 Å². The quantitative estimate of drug-likeness (QED) is 0.609. The van der Waals surface area contributed by atoms with E-state index in [0.29, 0.717) is 5.56 Å². The maximum absolute atomic E-state index is 13.3. The lowest BCUT2D eigenvalue weighted by atomic mass is 10.2. The van der Waals surface area contributed by atoms with Crippen LogP contribution in [0, 0.1) is 17.7 Å². The SMILES string of the molecule is FSN(CC#Cc1ccccc1F)c1ccccc1. The van der Waals surface area contributed by atoms with Crippen LogP contribution in [0.2, 0.25) is 0 Å². The largest absolute Gasteiger partial charge is 0.277 e. The van der Waals surface area contributed by atoms with E-state index in [0.717, 1.165) is 5.69 Å². The van der Waals surface area contributed by atoms with Crippen LogP contribution in [0.15, 0.2) is 54.6 Å². The first-order valence-electron chi connectivity index (χ1n) is 5.66. The van der Waals surface area contributed by atoms with Crippen molar-refractivity contribution in [1.29, 1.82) is 0 Å². The molecule has 0 saturated carbocycles. The molecule has 0 fully saturated rings. The standard InChI is InChI=1S/C15H11F2NS/c16-15-11-5-4-7-13(15)8-6-12-18(19-17)14-9-2-1-3-10-14/h1-5,7,9-11H,12H2. The highest BCUT2D eigenvalue weighted by molar-refractivity contribution is 7.95. The van der Waals surface area contributed by atoms with Crippen LogP contribution in [0.1, 0.15) is 5.56 Å². The lowest BCUT2D eigenvalue weighted by Crippen LogP contribution is -2.12. The van der Waals surface area contributed by atoms with Crippen LogP contribution in [0.5, 0.6) is 0 Å². The molecule has 0 N–H and O–H groups in total. The molecule has 4 heteroatoms. The van der Waals surface area contributed by atoms with Gasteiger partial charge in [0.25, 0.3) is 0 Å². The van der Waals surface area contributed by atoms with E-state index in [1.165, 1.54) is 10.4 Å². The average Bonchev–Trinajstić information content (AvgIpc) is 2.46. The van der Waals surface area contributed by atoms with E-state index >= 15 is 0 Å². The molecule has 0 aliphatic rings. The lowest BCUT2D eigenvalue weighted by molar-refractivity contribution is 0.624. The molecule has 0 amide bonds. The number of hydrogen-bond donors (Lipinski definition) is 0. The van der Waals surface area contributed by atoms with Gasteiger partial charge in [0.2, 0.25) is 0 Å². The van der Waals surface area contributed by atoms with Gasteiger partial charge in [-0.15, -0.1) is 3.89 Å². The molecule has 0 atom stereocenters. The van der Waals surface area contributed by atoms with Crippen molar-refractivity contribution in [3.63, 3.8) is 0 Å². The fraction of sp³-hybridized carbons (Fsp3) is 0.0667. The Kier molecular flexibility index (Phi) is 4.82. The number of hydrogen-bond acceptors (Lipinski definition) is 2. The average molecular weight is 275 g/mol. The van der Waals surface area contributed by atoms with Crippen molar-refractivity contribution >= 4 is 18.0 Å². The molecule has 96 valence electrons. The molecule has 0 aromatic heterocycles. The molecule has 0 heterocycles. The second-order valence-corrected chi connectivity index (χ2v) is 4.30. The Hall–Kier alpha value is -1.99.